The minimum atomic E-state index is -0.217. The summed E-state index contributed by atoms with van der Waals surface area (Å²) in [6.45, 7) is 0. The Labute approximate surface area is 142 Å². The first-order valence-corrected chi connectivity index (χ1v) is 7.98. The summed E-state index contributed by atoms with van der Waals surface area (Å²) in [6.07, 6.45) is 1.80. The minimum Gasteiger partial charge on any atom is -0.456 e. The third-order valence-electron chi connectivity index (χ3n) is 3.14. The monoisotopic (exact) mass is 347 g/mol. The lowest BCUT2D eigenvalue weighted by Gasteiger charge is -2.13. The standard InChI is InChI=1S/C16H14ClN3O2S/c1-20(2)16(21)19-11-3-5-14(13(17)8-11)22-12-4-6-15-10(7-12)9-18-23-15/h3-9H,1-2H3,(H,19,21). The minimum absolute atomic E-state index is 0.217. The first-order chi connectivity index (χ1) is 11.0. The molecule has 0 saturated heterocycles. The fourth-order valence-electron chi connectivity index (χ4n) is 1.94. The van der Waals surface area contributed by atoms with Gasteiger partial charge in [-0.1, -0.05) is 11.6 Å². The average Bonchev–Trinajstić information content (AvgIpc) is 2.97. The summed E-state index contributed by atoms with van der Waals surface area (Å²) in [5, 5.41) is 4.18. The number of benzene rings is 2. The molecule has 7 heteroatoms. The van der Waals surface area contributed by atoms with E-state index < -0.39 is 0 Å². The van der Waals surface area contributed by atoms with Gasteiger partial charge >= 0.3 is 6.03 Å². The van der Waals surface area contributed by atoms with Crippen LogP contribution in [0.1, 0.15) is 0 Å². The molecule has 2 amide bonds. The number of urea groups is 1. The summed E-state index contributed by atoms with van der Waals surface area (Å²) >= 11 is 7.68. The Kier molecular flexibility index (Phi) is 4.36. The zero-order chi connectivity index (χ0) is 16.4. The molecule has 0 unspecified atom stereocenters. The van der Waals surface area contributed by atoms with Crippen molar-refractivity contribution in [1.82, 2.24) is 9.27 Å². The highest BCUT2D eigenvalue weighted by Gasteiger charge is 2.09. The third kappa shape index (κ3) is 3.55. The Bertz CT molecular complexity index is 863. The molecule has 3 aromatic rings. The van der Waals surface area contributed by atoms with Crippen LogP contribution >= 0.6 is 23.1 Å². The summed E-state index contributed by atoms with van der Waals surface area (Å²) in [5.74, 6) is 1.21. The van der Waals surface area contributed by atoms with E-state index in [-0.39, 0.29) is 6.03 Å². The van der Waals surface area contributed by atoms with E-state index in [2.05, 4.69) is 9.69 Å². The van der Waals surface area contributed by atoms with Gasteiger partial charge in [-0.05, 0) is 47.9 Å². The number of amides is 2. The molecule has 5 nitrogen and oxygen atoms in total. The van der Waals surface area contributed by atoms with E-state index in [1.807, 2.05) is 18.2 Å². The van der Waals surface area contributed by atoms with Crippen molar-refractivity contribution in [3.8, 4) is 11.5 Å². The molecule has 1 heterocycles. The predicted octanol–water partition coefficient (Wildman–Crippen LogP) is 4.84. The normalized spacial score (nSPS) is 10.6. The number of hydrogen-bond acceptors (Lipinski definition) is 4. The zero-order valence-electron chi connectivity index (χ0n) is 12.5. The topological polar surface area (TPSA) is 54.5 Å². The summed E-state index contributed by atoms with van der Waals surface area (Å²) in [5.41, 5.74) is 0.610. The van der Waals surface area contributed by atoms with Gasteiger partial charge in [0.15, 0.2) is 0 Å². The van der Waals surface area contributed by atoms with Gasteiger partial charge in [0.05, 0.1) is 9.72 Å². The second-order valence-electron chi connectivity index (χ2n) is 5.10. The molecule has 0 bridgehead atoms. The van der Waals surface area contributed by atoms with Crippen LogP contribution in [-0.2, 0) is 0 Å². The Hall–Kier alpha value is -2.31. The number of anilines is 1. The number of ether oxygens (including phenoxy) is 1. The smallest absolute Gasteiger partial charge is 0.321 e. The first-order valence-electron chi connectivity index (χ1n) is 6.83. The van der Waals surface area contributed by atoms with Gasteiger partial charge in [0.1, 0.15) is 11.5 Å². The molecule has 0 spiro atoms. The van der Waals surface area contributed by atoms with Gasteiger partial charge in [-0.2, -0.15) is 4.37 Å². The molecule has 0 saturated carbocycles. The summed E-state index contributed by atoms with van der Waals surface area (Å²) < 4.78 is 11.1. The van der Waals surface area contributed by atoms with Crippen molar-refractivity contribution >= 4 is 44.9 Å². The van der Waals surface area contributed by atoms with E-state index in [0.717, 1.165) is 10.1 Å². The predicted molar refractivity (Wildman–Crippen MR) is 93.9 cm³/mol. The van der Waals surface area contributed by atoms with E-state index in [0.29, 0.717) is 22.2 Å². The highest BCUT2D eigenvalue weighted by molar-refractivity contribution is 7.13. The molecule has 23 heavy (non-hydrogen) atoms. The van der Waals surface area contributed by atoms with E-state index in [4.69, 9.17) is 16.3 Å². The van der Waals surface area contributed by atoms with Crippen LogP contribution in [0.4, 0.5) is 10.5 Å². The number of rotatable bonds is 3. The number of fused-ring (bicyclic) bond motifs is 1. The second-order valence-corrected chi connectivity index (χ2v) is 6.34. The number of halogens is 1. The Morgan fingerprint density at radius 1 is 1.26 bits per heavy atom. The largest absolute Gasteiger partial charge is 0.456 e. The molecule has 0 aliphatic carbocycles. The van der Waals surface area contributed by atoms with Crippen molar-refractivity contribution in [3.05, 3.63) is 47.6 Å². The molecule has 1 N–H and O–H groups in total. The quantitative estimate of drug-likeness (QED) is 0.737. The van der Waals surface area contributed by atoms with Crippen molar-refractivity contribution in [2.45, 2.75) is 0 Å². The molecular weight excluding hydrogens is 334 g/mol. The summed E-state index contributed by atoms with van der Waals surface area (Å²) in [4.78, 5) is 13.1. The third-order valence-corrected chi connectivity index (χ3v) is 4.22. The van der Waals surface area contributed by atoms with Gasteiger partial charge < -0.3 is 15.0 Å². The molecule has 0 fully saturated rings. The highest BCUT2D eigenvalue weighted by atomic mass is 35.5. The van der Waals surface area contributed by atoms with Gasteiger partial charge in [0.25, 0.3) is 0 Å². The van der Waals surface area contributed by atoms with Crippen LogP contribution in [0.15, 0.2) is 42.6 Å². The Morgan fingerprint density at radius 3 is 2.83 bits per heavy atom. The van der Waals surface area contributed by atoms with E-state index in [9.17, 15) is 4.79 Å². The molecule has 0 aliphatic heterocycles. The summed E-state index contributed by atoms with van der Waals surface area (Å²) in [6, 6.07) is 10.7. The Morgan fingerprint density at radius 2 is 2.09 bits per heavy atom. The van der Waals surface area contributed by atoms with Crippen LogP contribution in [0.5, 0.6) is 11.5 Å². The van der Waals surface area contributed by atoms with E-state index in [1.54, 1.807) is 38.5 Å². The maximum absolute atomic E-state index is 11.6. The fourth-order valence-corrected chi connectivity index (χ4v) is 2.78. The molecule has 0 radical (unpaired) electrons. The SMILES string of the molecule is CN(C)C(=O)Nc1ccc(Oc2ccc3sncc3c2)c(Cl)c1. The lowest BCUT2D eigenvalue weighted by Crippen LogP contribution is -2.27. The van der Waals surface area contributed by atoms with E-state index >= 15 is 0 Å². The number of hydrogen-bond donors (Lipinski definition) is 1. The Balaban J connectivity index is 1.79. The van der Waals surface area contributed by atoms with Crippen LogP contribution in [0.25, 0.3) is 10.1 Å². The van der Waals surface area contributed by atoms with Crippen molar-refractivity contribution in [3.63, 3.8) is 0 Å². The molecule has 0 atom stereocenters. The molecule has 3 rings (SSSR count). The number of nitrogens with zero attached hydrogens (tertiary/aromatic N) is 2. The van der Waals surface area contributed by atoms with Crippen LogP contribution in [0.2, 0.25) is 5.02 Å². The van der Waals surface area contributed by atoms with Gasteiger partial charge in [-0.3, -0.25) is 0 Å². The number of carbonyl (C=O) groups is 1. The van der Waals surface area contributed by atoms with E-state index in [1.165, 1.54) is 16.4 Å². The average molecular weight is 348 g/mol. The van der Waals surface area contributed by atoms with Crippen LogP contribution in [0.3, 0.4) is 0 Å². The maximum atomic E-state index is 11.6. The van der Waals surface area contributed by atoms with Crippen LogP contribution in [-0.4, -0.2) is 29.4 Å². The van der Waals surface area contributed by atoms with Gasteiger partial charge in [0, 0.05) is 31.4 Å². The lowest BCUT2D eigenvalue weighted by molar-refractivity contribution is 0.230. The van der Waals surface area contributed by atoms with Crippen molar-refractivity contribution in [2.75, 3.05) is 19.4 Å². The maximum Gasteiger partial charge on any atom is 0.321 e. The molecular formula is C16H14ClN3O2S. The molecule has 1 aromatic heterocycles. The van der Waals surface area contributed by atoms with Crippen molar-refractivity contribution in [1.29, 1.82) is 0 Å². The van der Waals surface area contributed by atoms with Crippen LogP contribution in [0, 0.1) is 0 Å². The van der Waals surface area contributed by atoms with Gasteiger partial charge in [-0.15, -0.1) is 0 Å². The number of nitrogens with one attached hydrogen (secondary N) is 1. The molecule has 2 aromatic carbocycles. The lowest BCUT2D eigenvalue weighted by atomic mass is 10.2. The summed E-state index contributed by atoms with van der Waals surface area (Å²) in [7, 11) is 3.34. The van der Waals surface area contributed by atoms with Gasteiger partial charge in [0.2, 0.25) is 0 Å². The van der Waals surface area contributed by atoms with Gasteiger partial charge in [-0.25, -0.2) is 4.79 Å². The zero-order valence-corrected chi connectivity index (χ0v) is 14.1. The molecule has 0 aliphatic rings. The highest BCUT2D eigenvalue weighted by Crippen LogP contribution is 2.33. The van der Waals surface area contributed by atoms with Crippen LogP contribution < -0.4 is 10.1 Å². The molecule has 118 valence electrons. The fraction of sp³-hybridized carbons (Fsp3) is 0.125. The first kappa shape index (κ1) is 15.6. The second kappa shape index (κ2) is 6.44. The number of carbonyl (C=O) groups excluding carboxylic acids is 1. The van der Waals surface area contributed by atoms with Crippen molar-refractivity contribution < 1.29 is 9.53 Å². The number of aromatic nitrogens is 1. The van der Waals surface area contributed by atoms with Crippen molar-refractivity contribution in [2.24, 2.45) is 0 Å².